The van der Waals surface area contributed by atoms with Crippen LogP contribution in [0.4, 0.5) is 0 Å². The number of hydrogen-bond acceptors (Lipinski definition) is 11. The summed E-state index contributed by atoms with van der Waals surface area (Å²) in [7, 11) is 4.78. The Labute approximate surface area is 387 Å². The number of aromatic nitrogens is 2. The number of rotatable bonds is 10. The maximum atomic E-state index is 14.5. The van der Waals surface area contributed by atoms with Crippen LogP contribution in [0.3, 0.4) is 0 Å². The minimum absolute atomic E-state index is 0.0251. The number of carbonyl (C=O) groups excluding carboxylic acids is 6. The van der Waals surface area contributed by atoms with Crippen LogP contribution in [0.15, 0.2) is 49.2 Å². The number of amides is 5. The number of hydrogen-bond donors (Lipinski definition) is 3. The van der Waals surface area contributed by atoms with Crippen LogP contribution in [-0.2, 0) is 57.8 Å². The predicted molar refractivity (Wildman–Crippen MR) is 248 cm³/mol. The lowest BCUT2D eigenvalue weighted by molar-refractivity contribution is -0.156. The van der Waals surface area contributed by atoms with E-state index in [0.717, 1.165) is 50.0 Å². The number of aliphatic hydroxyl groups is 1. The van der Waals surface area contributed by atoms with E-state index in [9.17, 15) is 33.9 Å². The summed E-state index contributed by atoms with van der Waals surface area (Å²) in [6, 6.07) is 6.95. The number of likely N-dealkylation sites (tertiary alicyclic amines) is 1. The van der Waals surface area contributed by atoms with E-state index in [-0.39, 0.29) is 64.1 Å². The van der Waals surface area contributed by atoms with E-state index in [4.69, 9.17) is 14.5 Å². The summed E-state index contributed by atoms with van der Waals surface area (Å²) >= 11 is 0. The number of aryl methyl sites for hydroxylation is 1. The maximum Gasteiger partial charge on any atom is 0.324 e. The third kappa shape index (κ3) is 10.5. The zero-order valence-electron chi connectivity index (χ0n) is 40.0. The van der Waals surface area contributed by atoms with Crippen LogP contribution >= 0.6 is 0 Å². The van der Waals surface area contributed by atoms with E-state index in [1.165, 1.54) is 17.0 Å². The van der Waals surface area contributed by atoms with Crippen LogP contribution in [0.25, 0.3) is 22.2 Å². The van der Waals surface area contributed by atoms with Crippen LogP contribution < -0.4 is 10.7 Å². The van der Waals surface area contributed by atoms with Crippen molar-refractivity contribution in [3.63, 3.8) is 0 Å². The van der Waals surface area contributed by atoms with Gasteiger partial charge in [-0.2, -0.15) is 0 Å². The summed E-state index contributed by atoms with van der Waals surface area (Å²) < 4.78 is 14.1. The number of nitrogens with one attached hydrogen (secondary N) is 2. The van der Waals surface area contributed by atoms with Gasteiger partial charge in [0.1, 0.15) is 18.1 Å². The normalized spacial score (nSPS) is 23.0. The first-order valence-electron chi connectivity index (χ1n) is 23.1. The molecule has 6 rings (SSSR count). The third-order valence-electron chi connectivity index (χ3n) is 13.3. The minimum atomic E-state index is -1.93. The van der Waals surface area contributed by atoms with Crippen LogP contribution in [0, 0.1) is 11.3 Å². The van der Waals surface area contributed by atoms with Gasteiger partial charge in [0.15, 0.2) is 5.60 Å². The monoisotopic (exact) mass is 913 g/mol. The van der Waals surface area contributed by atoms with Crippen molar-refractivity contribution in [3.05, 3.63) is 66.0 Å². The van der Waals surface area contributed by atoms with E-state index in [2.05, 4.69) is 60.9 Å². The topological polar surface area (TPSA) is 196 Å². The molecule has 358 valence electrons. The molecule has 2 aromatic heterocycles. The molecule has 5 amide bonds. The zero-order chi connectivity index (χ0) is 48.2. The molecular formula is C49H68N8O9. The number of ether oxygens (including phenoxy) is 2. The van der Waals surface area contributed by atoms with Crippen LogP contribution in [0.2, 0.25) is 0 Å². The van der Waals surface area contributed by atoms with Crippen molar-refractivity contribution in [2.24, 2.45) is 11.3 Å². The molecule has 66 heavy (non-hydrogen) atoms. The van der Waals surface area contributed by atoms with Crippen molar-refractivity contribution in [3.8, 4) is 11.3 Å². The van der Waals surface area contributed by atoms with Crippen molar-refractivity contribution in [2.45, 2.75) is 123 Å². The van der Waals surface area contributed by atoms with Crippen LogP contribution in [-0.4, -0.2) is 141 Å². The lowest BCUT2D eigenvalue weighted by Gasteiger charge is -2.37. The highest BCUT2D eigenvalue weighted by atomic mass is 16.5. The maximum absolute atomic E-state index is 14.5. The molecule has 0 aliphatic carbocycles. The molecule has 0 unspecified atom stereocenters. The van der Waals surface area contributed by atoms with Gasteiger partial charge in [0.25, 0.3) is 11.8 Å². The SMILES string of the molecule is C=CC(=O)N1CC[C@@](O)(C(=O)N(C)[C@H](C(=O)N[C@H]2CCC(=O)N(C)Cc3ccc4c(c3)c(c(-c3cccnc3[C@H](C)OC)n4CC)CC(C)(C)COC(=O)[C@@H]3CCCN(N3)C2=O)C(C)C)C1. The van der Waals surface area contributed by atoms with E-state index in [1.807, 2.05) is 19.1 Å². The summed E-state index contributed by atoms with van der Waals surface area (Å²) in [5.74, 6) is -3.62. The molecule has 17 heteroatoms. The summed E-state index contributed by atoms with van der Waals surface area (Å²) in [5, 5.41) is 16.6. The second-order valence-electron chi connectivity index (χ2n) is 19.2. The minimum Gasteiger partial charge on any atom is -0.464 e. The molecule has 3 aliphatic rings. The summed E-state index contributed by atoms with van der Waals surface area (Å²) in [6.45, 7) is 16.3. The number of carbonyl (C=O) groups is 6. The number of esters is 1. The number of methoxy groups -OCH3 is 1. The Kier molecular flexibility index (Phi) is 15.4. The van der Waals surface area contributed by atoms with E-state index >= 15 is 0 Å². The Bertz CT molecular complexity index is 2340. The van der Waals surface area contributed by atoms with Crippen LogP contribution in [0.5, 0.6) is 0 Å². The standard InChI is InChI=1S/C49H68N8O9/c1-11-39(58)55-24-21-49(64,28-55)47(63)54(9)42(30(3)4)44(60)51-36-18-20-40(59)53(8)27-32-17-19-38-34(25-32)35(43(56(38)12-2)33-15-13-22-50-41(33)31(5)65-10)26-48(6,7)29-66-46(62)37-16-14-23-57(52-37)45(36)61/h11,13,15,17,19,22,25,30-31,36-37,42,52,64H,1,12,14,16,18,20-21,23-24,26-29H2,2-10H3,(H,51,60)/t31-,36-,37-,42-,49-/m0/s1. The number of β-amino-alcohol motifs (C(OH)–C–C–N with tert-alkyl or cyclic N) is 1. The van der Waals surface area contributed by atoms with Crippen LogP contribution in [0.1, 0.15) is 96.6 Å². The van der Waals surface area contributed by atoms with E-state index in [0.29, 0.717) is 25.8 Å². The van der Waals surface area contributed by atoms with E-state index < -0.39 is 64.7 Å². The van der Waals surface area contributed by atoms with E-state index in [1.54, 1.807) is 39.1 Å². The average Bonchev–Trinajstić information content (AvgIpc) is 3.85. The van der Waals surface area contributed by atoms with Gasteiger partial charge in [0.2, 0.25) is 17.7 Å². The number of nitrogens with zero attached hydrogens (tertiary/aromatic N) is 6. The molecule has 5 atom stereocenters. The predicted octanol–water partition coefficient (Wildman–Crippen LogP) is 3.91. The molecule has 0 spiro atoms. The van der Waals surface area contributed by atoms with Gasteiger partial charge >= 0.3 is 5.97 Å². The molecule has 3 aliphatic heterocycles. The fourth-order valence-corrected chi connectivity index (χ4v) is 9.64. The highest BCUT2D eigenvalue weighted by molar-refractivity contribution is 5.96. The molecule has 0 radical (unpaired) electrons. The summed E-state index contributed by atoms with van der Waals surface area (Å²) in [4.78, 5) is 91.7. The molecule has 5 heterocycles. The quantitative estimate of drug-likeness (QED) is 0.197. The highest BCUT2D eigenvalue weighted by Gasteiger charge is 2.48. The third-order valence-corrected chi connectivity index (χ3v) is 13.3. The van der Waals surface area contributed by atoms with Crippen molar-refractivity contribution in [1.29, 1.82) is 0 Å². The lowest BCUT2D eigenvalue weighted by Crippen LogP contribution is -2.62. The van der Waals surface area contributed by atoms with Crippen molar-refractivity contribution in [2.75, 3.05) is 47.4 Å². The number of likely N-dealkylation sites (N-methyl/N-ethyl adjacent to an activating group) is 1. The Morgan fingerprint density at radius 1 is 1.14 bits per heavy atom. The number of cyclic esters (lactones) is 1. The fraction of sp³-hybridized carbons (Fsp3) is 0.571. The lowest BCUT2D eigenvalue weighted by atomic mass is 9.84. The van der Waals surface area contributed by atoms with Crippen molar-refractivity contribution >= 4 is 46.4 Å². The Morgan fingerprint density at radius 3 is 2.56 bits per heavy atom. The first-order valence-corrected chi connectivity index (χ1v) is 23.1. The van der Waals surface area contributed by atoms with Gasteiger partial charge in [0, 0.05) is 88.3 Å². The molecule has 3 N–H and O–H groups in total. The summed E-state index contributed by atoms with van der Waals surface area (Å²) in [5.41, 5.74) is 6.26. The average molecular weight is 913 g/mol. The molecule has 2 saturated heterocycles. The molecule has 17 nitrogen and oxygen atoms in total. The highest BCUT2D eigenvalue weighted by Crippen LogP contribution is 2.41. The first kappa shape index (κ1) is 49.8. The first-order chi connectivity index (χ1) is 31.2. The zero-order valence-corrected chi connectivity index (χ0v) is 40.0. The van der Waals surface area contributed by atoms with Gasteiger partial charge in [-0.3, -0.25) is 38.8 Å². The molecule has 1 aromatic carbocycles. The molecule has 2 fully saturated rings. The number of pyridine rings is 1. The van der Waals surface area contributed by atoms with Gasteiger partial charge in [-0.25, -0.2) is 5.43 Å². The van der Waals surface area contributed by atoms with Gasteiger partial charge in [-0.05, 0) is 86.9 Å². The molecule has 0 saturated carbocycles. The second kappa shape index (κ2) is 20.5. The summed E-state index contributed by atoms with van der Waals surface area (Å²) in [6.07, 6.45) is 3.78. The van der Waals surface area contributed by atoms with Gasteiger partial charge in [-0.15, -0.1) is 0 Å². The molecule has 4 bridgehead atoms. The molecular weight excluding hydrogens is 845 g/mol. The number of benzene rings is 1. The van der Waals surface area contributed by atoms with Crippen molar-refractivity contribution < 1.29 is 43.3 Å². The fourth-order valence-electron chi connectivity index (χ4n) is 9.64. The molecule has 3 aromatic rings. The van der Waals surface area contributed by atoms with Gasteiger partial charge in [-0.1, -0.05) is 40.3 Å². The smallest absolute Gasteiger partial charge is 0.324 e. The number of fused-ring (bicyclic) bond motifs is 3. The Balaban J connectivity index is 1.33. The van der Waals surface area contributed by atoms with Crippen molar-refractivity contribution in [1.82, 2.24) is 40.0 Å². The van der Waals surface area contributed by atoms with Gasteiger partial charge in [0.05, 0.1) is 30.6 Å². The largest absolute Gasteiger partial charge is 0.464 e. The number of hydrazine groups is 1. The second-order valence-corrected chi connectivity index (χ2v) is 19.2. The Hall–Kier alpha value is -5.65. The van der Waals surface area contributed by atoms with Gasteiger partial charge < -0.3 is 39.2 Å². The Morgan fingerprint density at radius 2 is 1.88 bits per heavy atom.